The van der Waals surface area contributed by atoms with Gasteiger partial charge in [-0.25, -0.2) is 18.0 Å². The first-order valence-corrected chi connectivity index (χ1v) is 10.9. The lowest BCUT2D eigenvalue weighted by Gasteiger charge is -2.33. The molecule has 30 heavy (non-hydrogen) atoms. The molecule has 3 rings (SSSR count). The number of hydrogen-bond donors (Lipinski definition) is 2. The normalized spacial score (nSPS) is 20.4. The first-order chi connectivity index (χ1) is 14.1. The zero-order chi connectivity index (χ0) is 21.9. The van der Waals surface area contributed by atoms with Crippen LogP contribution in [0, 0.1) is 0 Å². The average Bonchev–Trinajstić information content (AvgIpc) is 2.67. The molecule has 0 aromatic heterocycles. The molecule has 11 heteroatoms. The van der Waals surface area contributed by atoms with Gasteiger partial charge in [0.1, 0.15) is 0 Å². The Bertz CT molecular complexity index is 911. The standard InChI is InChI=1S/C19H25N3O7S/c1-19(2)28-17(24)16(18(25)29-19)13-20-14-3-5-15(6-4-14)30(26,27)22-9-7-21(8-10-22)11-12-23/h3-6,13,20,23H,7-12H2,1-2H3. The highest BCUT2D eigenvalue weighted by molar-refractivity contribution is 7.89. The monoisotopic (exact) mass is 439 g/mol. The molecular weight excluding hydrogens is 414 g/mol. The molecule has 0 saturated carbocycles. The van der Waals surface area contributed by atoms with Crippen molar-refractivity contribution in [2.24, 2.45) is 0 Å². The van der Waals surface area contributed by atoms with E-state index in [0.717, 1.165) is 0 Å². The van der Waals surface area contributed by atoms with Crippen molar-refractivity contribution in [3.05, 3.63) is 36.0 Å². The summed E-state index contributed by atoms with van der Waals surface area (Å²) in [4.78, 5) is 26.0. The Morgan fingerprint density at radius 2 is 1.63 bits per heavy atom. The molecule has 0 bridgehead atoms. The van der Waals surface area contributed by atoms with Crippen LogP contribution in [-0.2, 0) is 29.1 Å². The number of piperazine rings is 1. The van der Waals surface area contributed by atoms with Gasteiger partial charge in [-0.3, -0.25) is 4.90 Å². The number of benzene rings is 1. The number of hydrogen-bond acceptors (Lipinski definition) is 9. The van der Waals surface area contributed by atoms with E-state index < -0.39 is 27.7 Å². The van der Waals surface area contributed by atoms with Crippen LogP contribution < -0.4 is 5.32 Å². The number of esters is 2. The van der Waals surface area contributed by atoms with Crippen molar-refractivity contribution in [3.8, 4) is 0 Å². The minimum absolute atomic E-state index is 0.0462. The van der Waals surface area contributed by atoms with Crippen LogP contribution in [-0.4, -0.2) is 79.8 Å². The average molecular weight is 439 g/mol. The third kappa shape index (κ3) is 4.98. The Kier molecular flexibility index (Phi) is 6.46. The van der Waals surface area contributed by atoms with Crippen molar-refractivity contribution in [2.75, 3.05) is 44.6 Å². The van der Waals surface area contributed by atoms with E-state index in [1.54, 1.807) is 0 Å². The minimum atomic E-state index is -3.63. The molecule has 0 radical (unpaired) electrons. The number of anilines is 1. The van der Waals surface area contributed by atoms with Crippen LogP contribution in [0.5, 0.6) is 0 Å². The van der Waals surface area contributed by atoms with Crippen LogP contribution in [0.2, 0.25) is 0 Å². The lowest BCUT2D eigenvalue weighted by molar-refractivity contribution is -0.222. The van der Waals surface area contributed by atoms with Gasteiger partial charge in [0.05, 0.1) is 11.5 Å². The Hall–Kier alpha value is -2.47. The summed E-state index contributed by atoms with van der Waals surface area (Å²) in [6, 6.07) is 5.98. The zero-order valence-electron chi connectivity index (χ0n) is 16.8. The molecule has 0 aliphatic carbocycles. The molecule has 2 saturated heterocycles. The van der Waals surface area contributed by atoms with Crippen molar-refractivity contribution in [1.29, 1.82) is 0 Å². The molecule has 0 atom stereocenters. The van der Waals surface area contributed by atoms with Gasteiger partial charge in [0, 0.05) is 58.5 Å². The number of aliphatic hydroxyl groups excluding tert-OH is 1. The van der Waals surface area contributed by atoms with Crippen LogP contribution in [0.3, 0.4) is 0 Å². The summed E-state index contributed by atoms with van der Waals surface area (Å²) in [6.07, 6.45) is 1.17. The van der Waals surface area contributed by atoms with Crippen molar-refractivity contribution in [1.82, 2.24) is 9.21 Å². The van der Waals surface area contributed by atoms with Gasteiger partial charge in [-0.1, -0.05) is 0 Å². The van der Waals surface area contributed by atoms with E-state index in [9.17, 15) is 18.0 Å². The predicted molar refractivity (Wildman–Crippen MR) is 107 cm³/mol. The number of sulfonamides is 1. The van der Waals surface area contributed by atoms with Gasteiger partial charge >= 0.3 is 11.9 Å². The van der Waals surface area contributed by atoms with E-state index in [1.807, 2.05) is 4.90 Å². The molecule has 1 aromatic carbocycles. The Morgan fingerprint density at radius 1 is 1.07 bits per heavy atom. The van der Waals surface area contributed by atoms with Crippen LogP contribution in [0.25, 0.3) is 0 Å². The fraction of sp³-hybridized carbons (Fsp3) is 0.474. The van der Waals surface area contributed by atoms with Gasteiger partial charge in [-0.15, -0.1) is 0 Å². The fourth-order valence-electron chi connectivity index (χ4n) is 3.14. The van der Waals surface area contributed by atoms with Crippen molar-refractivity contribution in [3.63, 3.8) is 0 Å². The first kappa shape index (κ1) is 22.2. The number of nitrogens with one attached hydrogen (secondary N) is 1. The third-order valence-electron chi connectivity index (χ3n) is 4.74. The molecule has 164 valence electrons. The Labute approximate surface area is 175 Å². The van der Waals surface area contributed by atoms with Gasteiger partial charge in [-0.2, -0.15) is 4.31 Å². The SMILES string of the molecule is CC1(C)OC(=O)C(=CNc2ccc(S(=O)(=O)N3CCN(CCO)CC3)cc2)C(=O)O1. The Morgan fingerprint density at radius 3 is 2.17 bits per heavy atom. The number of nitrogens with zero attached hydrogens (tertiary/aromatic N) is 2. The lowest BCUT2D eigenvalue weighted by atomic mass is 10.2. The number of carbonyl (C=O) groups is 2. The van der Waals surface area contributed by atoms with Gasteiger partial charge < -0.3 is 19.9 Å². The van der Waals surface area contributed by atoms with Gasteiger partial charge in [-0.05, 0) is 24.3 Å². The first-order valence-electron chi connectivity index (χ1n) is 9.49. The van der Waals surface area contributed by atoms with Crippen molar-refractivity contribution >= 4 is 27.6 Å². The minimum Gasteiger partial charge on any atom is -0.419 e. The number of cyclic esters (lactones) is 2. The molecule has 2 fully saturated rings. The predicted octanol–water partition coefficient (Wildman–Crippen LogP) is 0.117. The highest BCUT2D eigenvalue weighted by atomic mass is 32.2. The molecule has 0 amide bonds. The highest BCUT2D eigenvalue weighted by Crippen LogP contribution is 2.23. The topological polar surface area (TPSA) is 125 Å². The summed E-state index contributed by atoms with van der Waals surface area (Å²) >= 11 is 0. The second kappa shape index (κ2) is 8.72. The molecule has 10 nitrogen and oxygen atoms in total. The van der Waals surface area contributed by atoms with Crippen LogP contribution >= 0.6 is 0 Å². The summed E-state index contributed by atoms with van der Waals surface area (Å²) in [5, 5.41) is 11.8. The molecule has 1 aromatic rings. The number of ether oxygens (including phenoxy) is 2. The van der Waals surface area contributed by atoms with Crippen LogP contribution in [0.4, 0.5) is 5.69 Å². The van der Waals surface area contributed by atoms with Crippen LogP contribution in [0.1, 0.15) is 13.8 Å². The summed E-state index contributed by atoms with van der Waals surface area (Å²) in [5.74, 6) is -2.92. The van der Waals surface area contributed by atoms with E-state index in [0.29, 0.717) is 38.4 Å². The maximum Gasteiger partial charge on any atom is 0.350 e. The molecule has 0 spiro atoms. The number of β-amino-alcohol motifs (C(OH)–C–C–N with tert-alkyl or cyclic N) is 1. The number of carbonyl (C=O) groups excluding carboxylic acids is 2. The van der Waals surface area contributed by atoms with Gasteiger partial charge in [0.15, 0.2) is 5.57 Å². The summed E-state index contributed by atoms with van der Waals surface area (Å²) < 4.78 is 37.1. The van der Waals surface area contributed by atoms with E-state index in [1.165, 1.54) is 48.6 Å². The van der Waals surface area contributed by atoms with Crippen LogP contribution in [0.15, 0.2) is 40.9 Å². The van der Waals surface area contributed by atoms with Gasteiger partial charge in [0.2, 0.25) is 10.0 Å². The van der Waals surface area contributed by atoms with E-state index in [2.05, 4.69) is 5.32 Å². The summed E-state index contributed by atoms with van der Waals surface area (Å²) in [5.41, 5.74) is 0.200. The third-order valence-corrected chi connectivity index (χ3v) is 6.65. The largest absolute Gasteiger partial charge is 0.419 e. The molecular formula is C19H25N3O7S. The maximum atomic E-state index is 12.8. The van der Waals surface area contributed by atoms with E-state index >= 15 is 0 Å². The highest BCUT2D eigenvalue weighted by Gasteiger charge is 2.39. The summed E-state index contributed by atoms with van der Waals surface area (Å²) in [6.45, 7) is 5.33. The quantitative estimate of drug-likeness (QED) is 0.361. The van der Waals surface area contributed by atoms with Crippen molar-refractivity contribution < 1.29 is 32.6 Å². The second-order valence-corrected chi connectivity index (χ2v) is 9.31. The second-order valence-electron chi connectivity index (χ2n) is 7.37. The van der Waals surface area contributed by atoms with E-state index in [-0.39, 0.29) is 17.1 Å². The smallest absolute Gasteiger partial charge is 0.350 e. The zero-order valence-corrected chi connectivity index (χ0v) is 17.6. The molecule has 2 heterocycles. The van der Waals surface area contributed by atoms with Crippen molar-refractivity contribution in [2.45, 2.75) is 24.5 Å². The molecule has 2 aliphatic heterocycles. The lowest BCUT2D eigenvalue weighted by Crippen LogP contribution is -2.49. The number of aliphatic hydroxyl groups is 1. The summed E-state index contributed by atoms with van der Waals surface area (Å²) in [7, 11) is -3.63. The van der Waals surface area contributed by atoms with Gasteiger partial charge in [0.25, 0.3) is 5.79 Å². The fourth-order valence-corrected chi connectivity index (χ4v) is 4.56. The molecule has 2 aliphatic rings. The molecule has 2 N–H and O–H groups in total. The Balaban J connectivity index is 1.65. The molecule has 0 unspecified atom stereocenters. The maximum absolute atomic E-state index is 12.8. The van der Waals surface area contributed by atoms with E-state index in [4.69, 9.17) is 14.6 Å². The number of rotatable bonds is 6.